The largest absolute Gasteiger partial charge is 0.400 e. The molecule has 4 N–H and O–H groups in total. The van der Waals surface area contributed by atoms with E-state index in [-0.39, 0.29) is 5.54 Å². The van der Waals surface area contributed by atoms with Crippen LogP contribution in [0.5, 0.6) is 0 Å². The van der Waals surface area contributed by atoms with Crippen LogP contribution in [-0.4, -0.2) is 40.9 Å². The van der Waals surface area contributed by atoms with Gasteiger partial charge in [0.25, 0.3) is 0 Å². The molecule has 0 spiro atoms. The van der Waals surface area contributed by atoms with Gasteiger partial charge in [0, 0.05) is 31.2 Å². The third-order valence-corrected chi connectivity index (χ3v) is 3.52. The molecule has 0 atom stereocenters. The normalized spacial score (nSPS) is 20.4. The number of aromatic nitrogens is 2. The maximum absolute atomic E-state index is 8.00. The summed E-state index contributed by atoms with van der Waals surface area (Å²) in [4.78, 5) is 8.00. The number of carbonyl (C=O) groups is 1. The number of nitrogens with two attached hydrogens (primary N) is 1. The Morgan fingerprint density at radius 2 is 1.86 bits per heavy atom. The molecule has 1 aliphatic rings. The molecule has 1 heterocycles. The summed E-state index contributed by atoms with van der Waals surface area (Å²) in [5.74, 6) is 1.35. The number of nitrogen functional groups attached to an aromatic ring is 1. The topological polar surface area (TPSA) is 93.2 Å². The second-order valence-corrected chi connectivity index (χ2v) is 6.76. The monoisotopic (exact) mass is 312 g/mol. The zero-order valence-electron chi connectivity index (χ0n) is 14.8. The van der Waals surface area contributed by atoms with Gasteiger partial charge in [0.1, 0.15) is 12.6 Å². The zero-order chi connectivity index (χ0) is 17.5. The van der Waals surface area contributed by atoms with E-state index in [2.05, 4.69) is 45.0 Å². The van der Waals surface area contributed by atoms with Gasteiger partial charge in [-0.1, -0.05) is 13.8 Å². The lowest BCUT2D eigenvalue weighted by molar-refractivity contribution is -0.0979. The molecule has 0 aromatic carbocycles. The summed E-state index contributed by atoms with van der Waals surface area (Å²) >= 11 is 0. The third-order valence-electron chi connectivity index (χ3n) is 3.52. The van der Waals surface area contributed by atoms with Crippen molar-refractivity contribution < 1.29 is 9.90 Å². The summed E-state index contributed by atoms with van der Waals surface area (Å²) in [6, 6.07) is 3.26. The van der Waals surface area contributed by atoms with Crippen LogP contribution >= 0.6 is 0 Å². The molecule has 1 aromatic heterocycles. The number of hydrogen-bond donors (Lipinski definition) is 3. The number of nitrogens with one attached hydrogen (secondary N) is 1. The van der Waals surface area contributed by atoms with E-state index in [1.165, 1.54) is 12.8 Å². The van der Waals surface area contributed by atoms with Gasteiger partial charge in [0.05, 0.1) is 11.2 Å². The molecule has 0 aliphatic heterocycles. The SMILES string of the molecule is C=O.CC(C)NC1CC(c2cc(N)n(C(C)(C)C)n2)C1.CO. The highest BCUT2D eigenvalue weighted by molar-refractivity contribution is 5.34. The molecule has 0 unspecified atom stereocenters. The van der Waals surface area contributed by atoms with Crippen LogP contribution in [0.15, 0.2) is 6.07 Å². The molecule has 1 aliphatic carbocycles. The molecule has 0 amide bonds. The summed E-state index contributed by atoms with van der Waals surface area (Å²) < 4.78 is 1.94. The van der Waals surface area contributed by atoms with Crippen molar-refractivity contribution in [3.63, 3.8) is 0 Å². The van der Waals surface area contributed by atoms with E-state index in [9.17, 15) is 0 Å². The summed E-state index contributed by atoms with van der Waals surface area (Å²) in [5, 5.41) is 15.2. The Morgan fingerprint density at radius 3 is 2.23 bits per heavy atom. The van der Waals surface area contributed by atoms with Crippen molar-refractivity contribution in [3.8, 4) is 0 Å². The Hall–Kier alpha value is -1.40. The van der Waals surface area contributed by atoms with Gasteiger partial charge >= 0.3 is 0 Å². The van der Waals surface area contributed by atoms with Gasteiger partial charge in [-0.15, -0.1) is 0 Å². The average Bonchev–Trinajstić information content (AvgIpc) is 2.79. The lowest BCUT2D eigenvalue weighted by Crippen LogP contribution is -2.43. The van der Waals surface area contributed by atoms with Crippen LogP contribution in [0, 0.1) is 0 Å². The summed E-state index contributed by atoms with van der Waals surface area (Å²) in [5.41, 5.74) is 7.16. The molecule has 1 saturated carbocycles. The first-order chi connectivity index (χ1) is 10.3. The molecular weight excluding hydrogens is 280 g/mol. The summed E-state index contributed by atoms with van der Waals surface area (Å²) in [6.45, 7) is 12.8. The average molecular weight is 312 g/mol. The van der Waals surface area contributed by atoms with Crippen LogP contribution in [0.4, 0.5) is 5.82 Å². The van der Waals surface area contributed by atoms with Crippen LogP contribution < -0.4 is 11.1 Å². The van der Waals surface area contributed by atoms with Gasteiger partial charge in [0.15, 0.2) is 0 Å². The maximum Gasteiger partial charge on any atom is 0.122 e. The molecule has 0 radical (unpaired) electrons. The van der Waals surface area contributed by atoms with Gasteiger partial charge in [0.2, 0.25) is 0 Å². The quantitative estimate of drug-likeness (QED) is 0.792. The fourth-order valence-corrected chi connectivity index (χ4v) is 2.62. The first-order valence-electron chi connectivity index (χ1n) is 7.63. The van der Waals surface area contributed by atoms with E-state index in [0.717, 1.165) is 18.6 Å². The minimum atomic E-state index is -0.0400. The first-order valence-corrected chi connectivity index (χ1v) is 7.63. The van der Waals surface area contributed by atoms with Crippen molar-refractivity contribution in [1.82, 2.24) is 15.1 Å². The van der Waals surface area contributed by atoms with Crippen molar-refractivity contribution >= 4 is 12.6 Å². The lowest BCUT2D eigenvalue weighted by Gasteiger charge is -2.36. The molecule has 1 fully saturated rings. The van der Waals surface area contributed by atoms with Crippen LogP contribution in [0.1, 0.15) is 59.1 Å². The van der Waals surface area contributed by atoms with Gasteiger partial charge in [-0.05, 0) is 33.6 Å². The van der Waals surface area contributed by atoms with Crippen molar-refractivity contribution in [2.45, 2.75) is 71.0 Å². The fourth-order valence-electron chi connectivity index (χ4n) is 2.62. The predicted octanol–water partition coefficient (Wildman–Crippen LogP) is 1.89. The van der Waals surface area contributed by atoms with Crippen LogP contribution in [-0.2, 0) is 10.3 Å². The predicted molar refractivity (Wildman–Crippen MR) is 90.9 cm³/mol. The summed E-state index contributed by atoms with van der Waals surface area (Å²) in [6.07, 6.45) is 2.36. The Balaban J connectivity index is 0.00000102. The fraction of sp³-hybridized carbons (Fsp3) is 0.750. The lowest BCUT2D eigenvalue weighted by atomic mass is 9.78. The first kappa shape index (κ1) is 20.6. The van der Waals surface area contributed by atoms with E-state index < -0.39 is 0 Å². The van der Waals surface area contributed by atoms with Crippen LogP contribution in [0.25, 0.3) is 0 Å². The number of aliphatic hydroxyl groups excluding tert-OH is 1. The standard InChI is InChI=1S/C14H26N4.CH4O.CH2O/c1-9(2)16-11-6-10(7-11)12-8-13(15)18(17-12)14(3,4)5;2*1-2/h8-11,16H,6-7,15H2,1-5H3;2H,1H3;1H2. The van der Waals surface area contributed by atoms with Crippen molar-refractivity contribution in [2.24, 2.45) is 0 Å². The molecule has 0 bridgehead atoms. The molecule has 2 rings (SSSR count). The van der Waals surface area contributed by atoms with Crippen molar-refractivity contribution in [3.05, 3.63) is 11.8 Å². The van der Waals surface area contributed by atoms with E-state index >= 15 is 0 Å². The number of nitrogens with zero attached hydrogens (tertiary/aromatic N) is 2. The molecule has 6 heteroatoms. The highest BCUT2D eigenvalue weighted by Crippen LogP contribution is 2.37. The van der Waals surface area contributed by atoms with Crippen molar-refractivity contribution in [2.75, 3.05) is 12.8 Å². The molecule has 6 nitrogen and oxygen atoms in total. The summed E-state index contributed by atoms with van der Waals surface area (Å²) in [7, 11) is 1.00. The van der Waals surface area contributed by atoms with Gasteiger partial charge in [-0.3, -0.25) is 0 Å². The number of hydrogen-bond acceptors (Lipinski definition) is 5. The van der Waals surface area contributed by atoms with Crippen molar-refractivity contribution in [1.29, 1.82) is 0 Å². The second-order valence-electron chi connectivity index (χ2n) is 6.76. The van der Waals surface area contributed by atoms with Gasteiger partial charge in [-0.2, -0.15) is 5.10 Å². The zero-order valence-corrected chi connectivity index (χ0v) is 14.8. The second kappa shape index (κ2) is 8.90. The Bertz CT molecular complexity index is 432. The Kier molecular flexibility index (Phi) is 8.34. The van der Waals surface area contributed by atoms with E-state index in [1.807, 2.05) is 17.5 Å². The minimum Gasteiger partial charge on any atom is -0.400 e. The number of rotatable bonds is 3. The number of anilines is 1. The highest BCUT2D eigenvalue weighted by Gasteiger charge is 2.33. The molecular formula is C16H32N4O2. The molecule has 1 aromatic rings. The number of aliphatic hydroxyl groups is 1. The van der Waals surface area contributed by atoms with E-state index in [1.54, 1.807) is 0 Å². The molecule has 22 heavy (non-hydrogen) atoms. The number of carbonyl (C=O) groups excluding carboxylic acids is 1. The Labute approximate surface area is 134 Å². The van der Waals surface area contributed by atoms with E-state index in [0.29, 0.717) is 18.0 Å². The molecule has 0 saturated heterocycles. The maximum atomic E-state index is 8.00. The van der Waals surface area contributed by atoms with E-state index in [4.69, 9.17) is 15.6 Å². The minimum absolute atomic E-state index is 0.0400. The van der Waals surface area contributed by atoms with Crippen LogP contribution in [0.3, 0.4) is 0 Å². The van der Waals surface area contributed by atoms with Gasteiger partial charge < -0.3 is 21.0 Å². The highest BCUT2D eigenvalue weighted by atomic mass is 16.2. The third kappa shape index (κ3) is 5.42. The molecule has 128 valence electrons. The van der Waals surface area contributed by atoms with Gasteiger partial charge in [-0.25, -0.2) is 4.68 Å². The smallest absolute Gasteiger partial charge is 0.122 e. The Morgan fingerprint density at radius 1 is 1.36 bits per heavy atom. The van der Waals surface area contributed by atoms with Crippen LogP contribution in [0.2, 0.25) is 0 Å².